The summed E-state index contributed by atoms with van der Waals surface area (Å²) in [7, 11) is 1.41. The Kier molecular flexibility index (Phi) is 3.47. The molecule has 84 valence electrons. The molecule has 2 heterocycles. The molecular formula is C11H9BrO2S2. The van der Waals surface area contributed by atoms with Crippen molar-refractivity contribution in [3.8, 4) is 11.1 Å². The highest BCUT2D eigenvalue weighted by atomic mass is 79.9. The van der Waals surface area contributed by atoms with Crippen LogP contribution in [0, 0.1) is 6.92 Å². The fraction of sp³-hybridized carbons (Fsp3) is 0.182. The third kappa shape index (κ3) is 1.95. The van der Waals surface area contributed by atoms with Gasteiger partial charge in [0.15, 0.2) is 0 Å². The lowest BCUT2D eigenvalue weighted by molar-refractivity contribution is 0.0607. The molecule has 0 amide bonds. The van der Waals surface area contributed by atoms with Gasteiger partial charge in [-0.3, -0.25) is 0 Å². The van der Waals surface area contributed by atoms with Gasteiger partial charge in [0.25, 0.3) is 0 Å². The van der Waals surface area contributed by atoms with Crippen LogP contribution in [0.3, 0.4) is 0 Å². The Morgan fingerprint density at radius 3 is 2.69 bits per heavy atom. The minimum Gasteiger partial charge on any atom is -0.465 e. The molecule has 2 rings (SSSR count). The quantitative estimate of drug-likeness (QED) is 0.771. The highest BCUT2D eigenvalue weighted by molar-refractivity contribution is 9.10. The molecule has 0 fully saturated rings. The number of carbonyl (C=O) groups excluding carboxylic acids is 1. The molecule has 16 heavy (non-hydrogen) atoms. The minimum absolute atomic E-state index is 0.272. The summed E-state index contributed by atoms with van der Waals surface area (Å²) in [5.41, 5.74) is 3.14. The molecule has 5 heteroatoms. The second-order valence-electron chi connectivity index (χ2n) is 3.25. The van der Waals surface area contributed by atoms with Gasteiger partial charge in [0.05, 0.1) is 7.11 Å². The number of methoxy groups -OCH3 is 1. The van der Waals surface area contributed by atoms with Gasteiger partial charge in [0.1, 0.15) is 4.88 Å². The molecule has 0 aliphatic rings. The second-order valence-corrected chi connectivity index (χ2v) is 5.73. The number of esters is 1. The van der Waals surface area contributed by atoms with Crippen LogP contribution >= 0.6 is 38.6 Å². The van der Waals surface area contributed by atoms with E-state index in [1.165, 1.54) is 18.4 Å². The number of hydrogen-bond acceptors (Lipinski definition) is 4. The maximum Gasteiger partial charge on any atom is 0.348 e. The van der Waals surface area contributed by atoms with E-state index < -0.39 is 0 Å². The highest BCUT2D eigenvalue weighted by Crippen LogP contribution is 2.39. The largest absolute Gasteiger partial charge is 0.465 e. The van der Waals surface area contributed by atoms with Crippen LogP contribution in [0.15, 0.2) is 20.6 Å². The summed E-state index contributed by atoms with van der Waals surface area (Å²) in [5, 5.41) is 6.02. The van der Waals surface area contributed by atoms with E-state index in [-0.39, 0.29) is 5.97 Å². The molecule has 0 unspecified atom stereocenters. The van der Waals surface area contributed by atoms with Crippen LogP contribution in [0.5, 0.6) is 0 Å². The Bertz CT molecular complexity index is 528. The van der Waals surface area contributed by atoms with E-state index in [2.05, 4.69) is 15.9 Å². The van der Waals surface area contributed by atoms with E-state index in [9.17, 15) is 4.79 Å². The standard InChI is InChI=1S/C11H9BrO2S2/c1-6-3-16-10(11(13)14-2)9(6)7-4-15-5-8(7)12/h3-5H,1-2H3. The topological polar surface area (TPSA) is 26.3 Å². The summed E-state index contributed by atoms with van der Waals surface area (Å²) in [4.78, 5) is 12.3. The molecule has 0 aliphatic heterocycles. The lowest BCUT2D eigenvalue weighted by Crippen LogP contribution is -2.00. The van der Waals surface area contributed by atoms with Crippen LogP contribution in [-0.2, 0) is 4.74 Å². The van der Waals surface area contributed by atoms with E-state index in [0.29, 0.717) is 4.88 Å². The number of rotatable bonds is 2. The molecule has 0 bridgehead atoms. The van der Waals surface area contributed by atoms with E-state index in [0.717, 1.165) is 21.2 Å². The zero-order valence-corrected chi connectivity index (χ0v) is 12.0. The van der Waals surface area contributed by atoms with Crippen molar-refractivity contribution in [2.24, 2.45) is 0 Å². The average molecular weight is 317 g/mol. The fourth-order valence-electron chi connectivity index (χ4n) is 1.48. The SMILES string of the molecule is COC(=O)c1scc(C)c1-c1cscc1Br. The third-order valence-corrected chi connectivity index (χ3v) is 5.01. The van der Waals surface area contributed by atoms with Crippen LogP contribution in [0.2, 0.25) is 0 Å². The van der Waals surface area contributed by atoms with Gasteiger partial charge in [-0.2, -0.15) is 11.3 Å². The number of aryl methyl sites for hydroxylation is 1. The molecule has 0 saturated carbocycles. The lowest BCUT2D eigenvalue weighted by Gasteiger charge is -2.03. The van der Waals surface area contributed by atoms with E-state index >= 15 is 0 Å². The molecule has 0 aromatic carbocycles. The van der Waals surface area contributed by atoms with Crippen LogP contribution in [0.25, 0.3) is 11.1 Å². The normalized spacial score (nSPS) is 10.4. The second kappa shape index (κ2) is 4.69. The van der Waals surface area contributed by atoms with Gasteiger partial charge < -0.3 is 4.74 Å². The van der Waals surface area contributed by atoms with E-state index in [1.807, 2.05) is 23.1 Å². The summed E-state index contributed by atoms with van der Waals surface area (Å²) in [6, 6.07) is 0. The van der Waals surface area contributed by atoms with Crippen LogP contribution < -0.4 is 0 Å². The Morgan fingerprint density at radius 1 is 1.38 bits per heavy atom. The van der Waals surface area contributed by atoms with Crippen molar-refractivity contribution in [3.63, 3.8) is 0 Å². The monoisotopic (exact) mass is 316 g/mol. The zero-order valence-electron chi connectivity index (χ0n) is 8.74. The average Bonchev–Trinajstić information content (AvgIpc) is 2.83. The van der Waals surface area contributed by atoms with Crippen molar-refractivity contribution in [3.05, 3.63) is 31.1 Å². The third-order valence-electron chi connectivity index (χ3n) is 2.23. The molecule has 0 atom stereocenters. The molecule has 0 saturated heterocycles. The number of hydrogen-bond donors (Lipinski definition) is 0. The Labute approximate surface area is 110 Å². The van der Waals surface area contributed by atoms with Gasteiger partial charge in [-0.05, 0) is 39.2 Å². The van der Waals surface area contributed by atoms with Gasteiger partial charge >= 0.3 is 5.97 Å². The maximum absolute atomic E-state index is 11.6. The first-order valence-corrected chi connectivity index (χ1v) is 7.15. The fourth-order valence-corrected chi connectivity index (χ4v) is 3.95. The first-order chi connectivity index (χ1) is 7.65. The predicted molar refractivity (Wildman–Crippen MR) is 71.4 cm³/mol. The lowest BCUT2D eigenvalue weighted by atomic mass is 10.1. The molecular weight excluding hydrogens is 308 g/mol. The van der Waals surface area contributed by atoms with Gasteiger partial charge in [0.2, 0.25) is 0 Å². The van der Waals surface area contributed by atoms with Crippen molar-refractivity contribution >= 4 is 44.6 Å². The minimum atomic E-state index is -0.272. The smallest absolute Gasteiger partial charge is 0.348 e. The molecule has 0 aliphatic carbocycles. The van der Waals surface area contributed by atoms with Gasteiger partial charge in [-0.1, -0.05) is 0 Å². The number of carbonyl (C=O) groups is 1. The summed E-state index contributed by atoms with van der Waals surface area (Å²) >= 11 is 6.52. The van der Waals surface area contributed by atoms with E-state index in [4.69, 9.17) is 4.74 Å². The first kappa shape index (κ1) is 11.8. The molecule has 2 nitrogen and oxygen atoms in total. The van der Waals surface area contributed by atoms with Gasteiger partial charge in [-0.15, -0.1) is 11.3 Å². The van der Waals surface area contributed by atoms with E-state index in [1.54, 1.807) is 11.3 Å². The van der Waals surface area contributed by atoms with Crippen molar-refractivity contribution in [1.29, 1.82) is 0 Å². The highest BCUT2D eigenvalue weighted by Gasteiger charge is 2.19. The van der Waals surface area contributed by atoms with Crippen molar-refractivity contribution in [1.82, 2.24) is 0 Å². The van der Waals surface area contributed by atoms with Crippen LogP contribution in [-0.4, -0.2) is 13.1 Å². The maximum atomic E-state index is 11.6. The van der Waals surface area contributed by atoms with Crippen molar-refractivity contribution in [2.75, 3.05) is 7.11 Å². The molecule has 0 N–H and O–H groups in total. The van der Waals surface area contributed by atoms with Crippen LogP contribution in [0.4, 0.5) is 0 Å². The van der Waals surface area contributed by atoms with Gasteiger partial charge in [-0.25, -0.2) is 4.79 Å². The summed E-state index contributed by atoms with van der Waals surface area (Å²) in [5.74, 6) is -0.272. The van der Waals surface area contributed by atoms with Crippen molar-refractivity contribution in [2.45, 2.75) is 6.92 Å². The number of ether oxygens (including phenoxy) is 1. The molecule has 0 radical (unpaired) electrons. The first-order valence-electron chi connectivity index (χ1n) is 4.53. The van der Waals surface area contributed by atoms with Crippen molar-refractivity contribution < 1.29 is 9.53 Å². The van der Waals surface area contributed by atoms with Gasteiger partial charge in [0, 0.05) is 21.0 Å². The molecule has 0 spiro atoms. The number of halogens is 1. The van der Waals surface area contributed by atoms with Crippen LogP contribution in [0.1, 0.15) is 15.2 Å². The summed E-state index contributed by atoms with van der Waals surface area (Å²) in [6.45, 7) is 2.00. The zero-order chi connectivity index (χ0) is 11.7. The Hall–Kier alpha value is -0.650. The molecule has 2 aromatic rings. The number of thiophene rings is 2. The predicted octanol–water partition coefficient (Wildman–Crippen LogP) is 4.33. The summed E-state index contributed by atoms with van der Waals surface area (Å²) < 4.78 is 5.81. The Balaban J connectivity index is 2.60. The summed E-state index contributed by atoms with van der Waals surface area (Å²) in [6.07, 6.45) is 0. The Morgan fingerprint density at radius 2 is 2.12 bits per heavy atom. The molecule has 2 aromatic heterocycles.